The van der Waals surface area contributed by atoms with Crippen LogP contribution in [-0.2, 0) is 14.8 Å². The lowest BCUT2D eigenvalue weighted by Gasteiger charge is -2.15. The summed E-state index contributed by atoms with van der Waals surface area (Å²) in [6, 6.07) is 4.03. The van der Waals surface area contributed by atoms with Crippen molar-refractivity contribution in [2.45, 2.75) is 17.7 Å². The third-order valence-electron chi connectivity index (χ3n) is 3.15. The van der Waals surface area contributed by atoms with Crippen LogP contribution in [0.4, 0.5) is 5.69 Å². The van der Waals surface area contributed by atoms with E-state index in [1.807, 2.05) is 0 Å². The van der Waals surface area contributed by atoms with Gasteiger partial charge in [0.05, 0.1) is 22.2 Å². The van der Waals surface area contributed by atoms with Gasteiger partial charge in [-0.1, -0.05) is 11.6 Å². The second-order valence-electron chi connectivity index (χ2n) is 4.60. The minimum atomic E-state index is -3.76. The third-order valence-corrected chi connectivity index (χ3v) is 4.89. The van der Waals surface area contributed by atoms with E-state index in [-0.39, 0.29) is 28.1 Å². The Kier molecular flexibility index (Phi) is 4.52. The van der Waals surface area contributed by atoms with Gasteiger partial charge < -0.3 is 10.6 Å². The molecule has 1 heterocycles. The molecule has 20 heavy (non-hydrogen) atoms. The summed E-state index contributed by atoms with van der Waals surface area (Å²) in [5.41, 5.74) is 5.75. The molecule has 1 aromatic rings. The number of sulfonamides is 1. The van der Waals surface area contributed by atoms with Gasteiger partial charge in [0.1, 0.15) is 0 Å². The number of nitrogens with one attached hydrogen (secondary N) is 1. The fraction of sp³-hybridized carbons (Fsp3) is 0.417. The van der Waals surface area contributed by atoms with E-state index >= 15 is 0 Å². The Morgan fingerprint density at radius 2 is 2.00 bits per heavy atom. The highest BCUT2D eigenvalue weighted by Gasteiger charge is 2.21. The topological polar surface area (TPSA) is 92.5 Å². The monoisotopic (exact) mass is 317 g/mol. The van der Waals surface area contributed by atoms with Crippen molar-refractivity contribution in [2.24, 2.45) is 0 Å². The highest BCUT2D eigenvalue weighted by molar-refractivity contribution is 7.89. The number of nitrogens with zero attached hydrogens (tertiary/aromatic N) is 1. The van der Waals surface area contributed by atoms with Crippen molar-refractivity contribution >= 4 is 33.2 Å². The Labute approximate surface area is 122 Å². The zero-order valence-corrected chi connectivity index (χ0v) is 12.4. The van der Waals surface area contributed by atoms with Crippen LogP contribution in [0.2, 0.25) is 5.02 Å². The molecule has 1 aliphatic rings. The standard InChI is InChI=1S/C12H16ClN3O3S/c13-10-4-3-9(7-11(10)14)20(18,19)15-8-12(17)16-5-1-2-6-16/h3-4,7,15H,1-2,5-6,8,14H2. The normalized spacial score (nSPS) is 15.6. The van der Waals surface area contributed by atoms with Crippen molar-refractivity contribution in [1.82, 2.24) is 9.62 Å². The summed E-state index contributed by atoms with van der Waals surface area (Å²) in [6.07, 6.45) is 1.93. The van der Waals surface area contributed by atoms with Crippen molar-refractivity contribution in [3.63, 3.8) is 0 Å². The van der Waals surface area contributed by atoms with Crippen molar-refractivity contribution in [3.8, 4) is 0 Å². The molecule has 2 rings (SSSR count). The molecule has 0 saturated carbocycles. The Morgan fingerprint density at radius 1 is 1.35 bits per heavy atom. The van der Waals surface area contributed by atoms with Crippen LogP contribution in [0.3, 0.4) is 0 Å². The number of carbonyl (C=O) groups is 1. The maximum absolute atomic E-state index is 12.0. The molecule has 110 valence electrons. The SMILES string of the molecule is Nc1cc(S(=O)(=O)NCC(=O)N2CCCC2)ccc1Cl. The molecule has 3 N–H and O–H groups in total. The van der Waals surface area contributed by atoms with Gasteiger partial charge >= 0.3 is 0 Å². The highest BCUT2D eigenvalue weighted by Crippen LogP contribution is 2.22. The smallest absolute Gasteiger partial charge is 0.241 e. The van der Waals surface area contributed by atoms with Crippen molar-refractivity contribution in [2.75, 3.05) is 25.4 Å². The van der Waals surface area contributed by atoms with Crippen molar-refractivity contribution in [1.29, 1.82) is 0 Å². The number of amides is 1. The van der Waals surface area contributed by atoms with Gasteiger partial charge in [-0.15, -0.1) is 0 Å². The maximum atomic E-state index is 12.0. The molecular weight excluding hydrogens is 302 g/mol. The zero-order valence-electron chi connectivity index (χ0n) is 10.8. The van der Waals surface area contributed by atoms with Crippen LogP contribution in [0.25, 0.3) is 0 Å². The maximum Gasteiger partial charge on any atom is 0.241 e. The van der Waals surface area contributed by atoms with Gasteiger partial charge in [-0.2, -0.15) is 0 Å². The van der Waals surface area contributed by atoms with E-state index in [2.05, 4.69) is 4.72 Å². The van der Waals surface area contributed by atoms with Gasteiger partial charge in [-0.05, 0) is 31.0 Å². The van der Waals surface area contributed by atoms with E-state index in [0.29, 0.717) is 13.1 Å². The number of anilines is 1. The molecule has 0 unspecified atom stereocenters. The lowest BCUT2D eigenvalue weighted by atomic mass is 10.3. The molecule has 1 amide bonds. The fourth-order valence-electron chi connectivity index (χ4n) is 2.01. The van der Waals surface area contributed by atoms with E-state index < -0.39 is 10.0 Å². The highest BCUT2D eigenvalue weighted by atomic mass is 35.5. The molecule has 6 nitrogen and oxygen atoms in total. The average molecular weight is 318 g/mol. The van der Waals surface area contributed by atoms with Crippen molar-refractivity contribution in [3.05, 3.63) is 23.2 Å². The van der Waals surface area contributed by atoms with Crippen LogP contribution in [0.5, 0.6) is 0 Å². The molecule has 0 bridgehead atoms. The van der Waals surface area contributed by atoms with Gasteiger partial charge in [0.2, 0.25) is 15.9 Å². The predicted octanol–water partition coefficient (Wildman–Crippen LogP) is 0.823. The minimum absolute atomic E-state index is 0.00591. The van der Waals surface area contributed by atoms with Crippen LogP contribution < -0.4 is 10.5 Å². The first kappa shape index (κ1) is 15.1. The first-order valence-corrected chi connectivity index (χ1v) is 8.09. The molecule has 1 aliphatic heterocycles. The number of nitrogens with two attached hydrogens (primary N) is 1. The largest absolute Gasteiger partial charge is 0.397 e. The van der Waals surface area contributed by atoms with Gasteiger partial charge in [-0.3, -0.25) is 4.79 Å². The van der Waals surface area contributed by atoms with E-state index in [1.54, 1.807) is 4.90 Å². The first-order chi connectivity index (χ1) is 9.40. The Bertz CT molecular complexity index is 612. The van der Waals surface area contributed by atoms with E-state index in [4.69, 9.17) is 17.3 Å². The molecule has 0 aromatic heterocycles. The van der Waals surface area contributed by atoms with Gasteiger partial charge in [0.15, 0.2) is 0 Å². The van der Waals surface area contributed by atoms with E-state index in [9.17, 15) is 13.2 Å². The second kappa shape index (κ2) is 5.99. The summed E-state index contributed by atoms with van der Waals surface area (Å²) in [5, 5.41) is 0.289. The summed E-state index contributed by atoms with van der Waals surface area (Å²) in [7, 11) is -3.76. The van der Waals surface area contributed by atoms with E-state index in [0.717, 1.165) is 12.8 Å². The molecule has 0 aliphatic carbocycles. The molecule has 0 atom stereocenters. The summed E-state index contributed by atoms with van der Waals surface area (Å²) in [5.74, 6) is -0.215. The molecule has 1 fully saturated rings. The van der Waals surface area contributed by atoms with Crippen LogP contribution >= 0.6 is 11.6 Å². The van der Waals surface area contributed by atoms with Crippen LogP contribution in [-0.4, -0.2) is 38.9 Å². The first-order valence-electron chi connectivity index (χ1n) is 6.22. The molecular formula is C12H16ClN3O3S. The summed E-state index contributed by atoms with van der Waals surface area (Å²) in [4.78, 5) is 13.4. The number of nitrogen functional groups attached to an aromatic ring is 1. The Balaban J connectivity index is 2.03. The van der Waals surface area contributed by atoms with Gasteiger partial charge in [-0.25, -0.2) is 13.1 Å². The fourth-order valence-corrected chi connectivity index (χ4v) is 3.13. The number of rotatable bonds is 4. The Morgan fingerprint density at radius 3 is 2.60 bits per heavy atom. The minimum Gasteiger partial charge on any atom is -0.397 e. The average Bonchev–Trinajstić information content (AvgIpc) is 2.93. The van der Waals surface area contributed by atoms with Crippen molar-refractivity contribution < 1.29 is 13.2 Å². The quantitative estimate of drug-likeness (QED) is 0.804. The second-order valence-corrected chi connectivity index (χ2v) is 6.77. The number of carbonyl (C=O) groups excluding carboxylic acids is 1. The Hall–Kier alpha value is -1.31. The molecule has 1 aromatic carbocycles. The molecule has 8 heteroatoms. The van der Waals surface area contributed by atoms with Gasteiger partial charge in [0, 0.05) is 13.1 Å². The number of halogens is 1. The number of hydrogen-bond acceptors (Lipinski definition) is 4. The third kappa shape index (κ3) is 3.41. The number of benzene rings is 1. The summed E-state index contributed by atoms with van der Waals surface area (Å²) >= 11 is 5.74. The number of likely N-dealkylation sites (tertiary alicyclic amines) is 1. The van der Waals surface area contributed by atoms with Gasteiger partial charge in [0.25, 0.3) is 0 Å². The molecule has 0 radical (unpaired) electrons. The van der Waals surface area contributed by atoms with E-state index in [1.165, 1.54) is 18.2 Å². The van der Waals surface area contributed by atoms with Crippen LogP contribution in [0.15, 0.2) is 23.1 Å². The summed E-state index contributed by atoms with van der Waals surface area (Å²) in [6.45, 7) is 1.13. The van der Waals surface area contributed by atoms with Crippen LogP contribution in [0, 0.1) is 0 Å². The number of hydrogen-bond donors (Lipinski definition) is 2. The molecule has 0 spiro atoms. The lowest BCUT2D eigenvalue weighted by Crippen LogP contribution is -2.38. The van der Waals surface area contributed by atoms with Crippen LogP contribution in [0.1, 0.15) is 12.8 Å². The zero-order chi connectivity index (χ0) is 14.8. The molecule has 1 saturated heterocycles. The predicted molar refractivity (Wildman–Crippen MR) is 76.9 cm³/mol. The summed E-state index contributed by atoms with van der Waals surface area (Å²) < 4.78 is 26.4. The lowest BCUT2D eigenvalue weighted by molar-refractivity contribution is -0.128.